The summed E-state index contributed by atoms with van der Waals surface area (Å²) in [7, 11) is 3.18. The van der Waals surface area contributed by atoms with Crippen molar-refractivity contribution in [2.24, 2.45) is 0 Å². The molecular formula is C20H23N3O4. The van der Waals surface area contributed by atoms with E-state index in [-0.39, 0.29) is 18.2 Å². The minimum atomic E-state index is -0.582. The first-order valence-corrected chi connectivity index (χ1v) is 8.74. The molecule has 0 fully saturated rings. The van der Waals surface area contributed by atoms with Gasteiger partial charge in [-0.1, -0.05) is 18.2 Å². The van der Waals surface area contributed by atoms with E-state index in [4.69, 9.17) is 9.47 Å². The van der Waals surface area contributed by atoms with Crippen LogP contribution in [-0.2, 0) is 16.0 Å². The van der Waals surface area contributed by atoms with Crippen molar-refractivity contribution in [2.45, 2.75) is 18.9 Å². The largest absolute Gasteiger partial charge is 0.493 e. The third-order valence-corrected chi connectivity index (χ3v) is 4.40. The van der Waals surface area contributed by atoms with E-state index in [0.29, 0.717) is 24.5 Å². The fraction of sp³-hybridized carbons (Fsp3) is 0.300. The number of ether oxygens (including phenoxy) is 2. The Morgan fingerprint density at radius 2 is 1.81 bits per heavy atom. The van der Waals surface area contributed by atoms with E-state index in [0.717, 1.165) is 16.9 Å². The van der Waals surface area contributed by atoms with Gasteiger partial charge >= 0.3 is 0 Å². The second-order valence-electron chi connectivity index (χ2n) is 6.23. The number of methoxy groups -OCH3 is 2. The van der Waals surface area contributed by atoms with Gasteiger partial charge in [0.1, 0.15) is 6.04 Å². The van der Waals surface area contributed by atoms with Gasteiger partial charge in [-0.2, -0.15) is 0 Å². The molecule has 2 amide bonds. The molecule has 3 rings (SSSR count). The van der Waals surface area contributed by atoms with Gasteiger partial charge in [-0.05, 0) is 36.2 Å². The molecule has 0 radical (unpaired) electrons. The summed E-state index contributed by atoms with van der Waals surface area (Å²) in [6.45, 7) is 0.471. The zero-order valence-electron chi connectivity index (χ0n) is 15.4. The molecule has 2 aromatic carbocycles. The molecule has 0 bridgehead atoms. The standard InChI is InChI=1S/C20H23N3O4/c1-26-17-8-7-13(11-18(17)27-2)9-10-21-19(24)12-16-20(25)23-15-6-4-3-5-14(15)22-16/h3-8,11,16,22H,9-10,12H2,1-2H3,(H,21,24)(H,23,25)/t16-/m0/s1. The summed E-state index contributed by atoms with van der Waals surface area (Å²) in [6.07, 6.45) is 0.728. The zero-order chi connectivity index (χ0) is 19.2. The second kappa shape index (κ2) is 8.44. The van der Waals surface area contributed by atoms with Crippen molar-refractivity contribution in [3.63, 3.8) is 0 Å². The molecule has 0 aliphatic carbocycles. The number of rotatable bonds is 7. The minimum absolute atomic E-state index is 0.0755. The summed E-state index contributed by atoms with van der Waals surface area (Å²) in [5, 5.41) is 8.78. The Hall–Kier alpha value is -3.22. The lowest BCUT2D eigenvalue weighted by Gasteiger charge is -2.26. The first-order valence-electron chi connectivity index (χ1n) is 8.74. The maximum atomic E-state index is 12.2. The summed E-state index contributed by atoms with van der Waals surface area (Å²) in [5.74, 6) is 0.939. The van der Waals surface area contributed by atoms with Crippen LogP contribution in [0.5, 0.6) is 11.5 Å². The maximum absolute atomic E-state index is 12.2. The lowest BCUT2D eigenvalue weighted by atomic mass is 10.1. The van der Waals surface area contributed by atoms with E-state index in [1.807, 2.05) is 42.5 Å². The molecule has 0 spiro atoms. The van der Waals surface area contributed by atoms with Gasteiger partial charge in [-0.15, -0.1) is 0 Å². The molecule has 0 unspecified atom stereocenters. The fourth-order valence-corrected chi connectivity index (χ4v) is 2.97. The van der Waals surface area contributed by atoms with E-state index in [9.17, 15) is 9.59 Å². The highest BCUT2D eigenvalue weighted by molar-refractivity contribution is 6.04. The van der Waals surface area contributed by atoms with Crippen LogP contribution in [0.25, 0.3) is 0 Å². The number of carbonyl (C=O) groups excluding carboxylic acids is 2. The molecule has 2 aromatic rings. The van der Waals surface area contributed by atoms with Gasteiger partial charge in [0.2, 0.25) is 11.8 Å². The first-order chi connectivity index (χ1) is 13.1. The van der Waals surface area contributed by atoms with Crippen LogP contribution in [0.4, 0.5) is 11.4 Å². The molecule has 27 heavy (non-hydrogen) atoms. The third kappa shape index (κ3) is 4.49. The molecule has 1 atom stereocenters. The van der Waals surface area contributed by atoms with Crippen LogP contribution in [0.3, 0.4) is 0 Å². The first kappa shape index (κ1) is 18.6. The monoisotopic (exact) mass is 369 g/mol. The van der Waals surface area contributed by atoms with Gasteiger partial charge in [0.15, 0.2) is 11.5 Å². The second-order valence-corrected chi connectivity index (χ2v) is 6.23. The van der Waals surface area contributed by atoms with Crippen molar-refractivity contribution >= 4 is 23.2 Å². The van der Waals surface area contributed by atoms with Gasteiger partial charge in [0, 0.05) is 6.54 Å². The minimum Gasteiger partial charge on any atom is -0.493 e. The number of amides is 2. The summed E-state index contributed by atoms with van der Waals surface area (Å²) in [6, 6.07) is 12.5. The van der Waals surface area contributed by atoms with Crippen LogP contribution < -0.4 is 25.4 Å². The van der Waals surface area contributed by atoms with Crippen molar-refractivity contribution < 1.29 is 19.1 Å². The number of hydrogen-bond donors (Lipinski definition) is 3. The summed E-state index contributed by atoms with van der Waals surface area (Å²) >= 11 is 0. The number of anilines is 2. The highest BCUT2D eigenvalue weighted by Crippen LogP contribution is 2.28. The predicted octanol–water partition coefficient (Wildman–Crippen LogP) is 2.19. The lowest BCUT2D eigenvalue weighted by Crippen LogP contribution is -2.42. The molecule has 0 aromatic heterocycles. The molecule has 1 aliphatic heterocycles. The quantitative estimate of drug-likeness (QED) is 0.696. The summed E-state index contributed by atoms with van der Waals surface area (Å²) in [5.41, 5.74) is 2.57. The Labute approximate surface area is 158 Å². The number of fused-ring (bicyclic) bond motifs is 1. The summed E-state index contributed by atoms with van der Waals surface area (Å²) in [4.78, 5) is 24.3. The number of nitrogens with one attached hydrogen (secondary N) is 3. The fourth-order valence-electron chi connectivity index (χ4n) is 2.97. The van der Waals surface area contributed by atoms with Gasteiger partial charge in [0.05, 0.1) is 32.0 Å². The number of hydrogen-bond acceptors (Lipinski definition) is 5. The van der Waals surface area contributed by atoms with Crippen molar-refractivity contribution in [2.75, 3.05) is 31.4 Å². The third-order valence-electron chi connectivity index (χ3n) is 4.40. The van der Waals surface area contributed by atoms with Crippen LogP contribution >= 0.6 is 0 Å². The van der Waals surface area contributed by atoms with Crippen molar-refractivity contribution in [1.82, 2.24) is 5.32 Å². The van der Waals surface area contributed by atoms with Gasteiger partial charge < -0.3 is 25.4 Å². The molecule has 7 heteroatoms. The molecule has 0 saturated heterocycles. The highest BCUT2D eigenvalue weighted by Gasteiger charge is 2.27. The molecule has 3 N–H and O–H groups in total. The van der Waals surface area contributed by atoms with E-state index in [2.05, 4.69) is 16.0 Å². The van der Waals surface area contributed by atoms with E-state index >= 15 is 0 Å². The Morgan fingerprint density at radius 3 is 2.56 bits per heavy atom. The molecule has 142 valence electrons. The molecular weight excluding hydrogens is 346 g/mol. The van der Waals surface area contributed by atoms with Crippen LogP contribution in [0.15, 0.2) is 42.5 Å². The maximum Gasteiger partial charge on any atom is 0.247 e. The van der Waals surface area contributed by atoms with Crippen molar-refractivity contribution in [3.05, 3.63) is 48.0 Å². The predicted molar refractivity (Wildman–Crippen MR) is 103 cm³/mol. The average Bonchev–Trinajstić information content (AvgIpc) is 2.68. The van der Waals surface area contributed by atoms with E-state index in [1.54, 1.807) is 14.2 Å². The Kier molecular flexibility index (Phi) is 5.80. The van der Waals surface area contributed by atoms with Crippen LogP contribution in [0.2, 0.25) is 0 Å². The van der Waals surface area contributed by atoms with Gasteiger partial charge in [-0.25, -0.2) is 0 Å². The Balaban J connectivity index is 1.50. The SMILES string of the molecule is COc1ccc(CCNC(=O)C[C@@H]2Nc3ccccc3NC2=O)cc1OC. The normalized spacial score (nSPS) is 15.2. The molecule has 7 nitrogen and oxygen atoms in total. The van der Waals surface area contributed by atoms with E-state index < -0.39 is 6.04 Å². The van der Waals surface area contributed by atoms with E-state index in [1.165, 1.54) is 0 Å². The Bertz CT molecular complexity index is 838. The van der Waals surface area contributed by atoms with Crippen LogP contribution in [0.1, 0.15) is 12.0 Å². The molecule has 0 saturated carbocycles. The van der Waals surface area contributed by atoms with Crippen LogP contribution in [0, 0.1) is 0 Å². The Morgan fingerprint density at radius 1 is 1.07 bits per heavy atom. The van der Waals surface area contributed by atoms with Crippen molar-refractivity contribution in [1.29, 1.82) is 0 Å². The average molecular weight is 369 g/mol. The summed E-state index contributed by atoms with van der Waals surface area (Å²) < 4.78 is 10.5. The van der Waals surface area contributed by atoms with Gasteiger partial charge in [-0.3, -0.25) is 9.59 Å². The molecule has 1 aliphatic rings. The van der Waals surface area contributed by atoms with Gasteiger partial charge in [0.25, 0.3) is 0 Å². The smallest absolute Gasteiger partial charge is 0.247 e. The highest BCUT2D eigenvalue weighted by atomic mass is 16.5. The molecule has 1 heterocycles. The number of para-hydroxylation sites is 2. The topological polar surface area (TPSA) is 88.7 Å². The van der Waals surface area contributed by atoms with Crippen molar-refractivity contribution in [3.8, 4) is 11.5 Å². The number of carbonyl (C=O) groups is 2. The number of benzene rings is 2. The van der Waals surface area contributed by atoms with Crippen LogP contribution in [-0.4, -0.2) is 38.6 Å². The zero-order valence-corrected chi connectivity index (χ0v) is 15.4. The lowest BCUT2D eigenvalue weighted by molar-refractivity contribution is -0.124.